The minimum Gasteiger partial charge on any atom is -0.480 e. The number of aliphatic hydroxyl groups is 1. The summed E-state index contributed by atoms with van der Waals surface area (Å²) < 4.78 is 1.48. The van der Waals surface area contributed by atoms with Crippen LogP contribution >= 0.6 is 0 Å². The molecule has 1 rings (SSSR count). The van der Waals surface area contributed by atoms with Gasteiger partial charge in [-0.05, 0) is 0 Å². The predicted molar refractivity (Wildman–Crippen MR) is 53.8 cm³/mol. The molecule has 7 nitrogen and oxygen atoms in total. The number of amides is 1. The second-order valence-electron chi connectivity index (χ2n) is 3.27. The van der Waals surface area contributed by atoms with E-state index in [1.54, 1.807) is 7.05 Å². The zero-order valence-corrected chi connectivity index (χ0v) is 8.75. The lowest BCUT2D eigenvalue weighted by Crippen LogP contribution is -2.41. The molecule has 0 fully saturated rings. The smallest absolute Gasteiger partial charge is 0.326 e. The summed E-state index contributed by atoms with van der Waals surface area (Å²) in [5, 5.41) is 19.7. The molecule has 0 aromatic carbocycles. The molecular weight excluding hydrogens is 214 g/mol. The molecule has 88 valence electrons. The lowest BCUT2D eigenvalue weighted by molar-refractivity contribution is -0.139. The van der Waals surface area contributed by atoms with E-state index in [1.165, 1.54) is 17.1 Å². The van der Waals surface area contributed by atoms with Crippen molar-refractivity contribution in [2.45, 2.75) is 12.5 Å². The number of carboxylic acid groups (broad SMARTS) is 1. The first kappa shape index (κ1) is 12.2. The van der Waals surface area contributed by atoms with E-state index in [9.17, 15) is 9.59 Å². The van der Waals surface area contributed by atoms with Crippen molar-refractivity contribution >= 4 is 11.9 Å². The van der Waals surface area contributed by atoms with Crippen LogP contribution in [-0.2, 0) is 11.8 Å². The second-order valence-corrected chi connectivity index (χ2v) is 3.27. The number of nitrogens with one attached hydrogen (secondary N) is 1. The Balaban J connectivity index is 2.69. The summed E-state index contributed by atoms with van der Waals surface area (Å²) in [6, 6.07) is -1.09. The van der Waals surface area contributed by atoms with Gasteiger partial charge in [0.1, 0.15) is 11.7 Å². The molecule has 16 heavy (non-hydrogen) atoms. The molecule has 1 heterocycles. The molecule has 0 spiro atoms. The van der Waals surface area contributed by atoms with Crippen LogP contribution in [-0.4, -0.2) is 44.3 Å². The molecule has 0 saturated heterocycles. The van der Waals surface area contributed by atoms with Crippen LogP contribution in [0.1, 0.15) is 16.9 Å². The first-order valence-corrected chi connectivity index (χ1v) is 4.67. The van der Waals surface area contributed by atoms with Crippen molar-refractivity contribution < 1.29 is 19.8 Å². The number of carboxylic acids is 1. The Morgan fingerprint density at radius 3 is 2.75 bits per heavy atom. The van der Waals surface area contributed by atoms with Crippen LogP contribution < -0.4 is 5.32 Å². The number of imidazole rings is 1. The highest BCUT2D eigenvalue weighted by Gasteiger charge is 2.21. The summed E-state index contributed by atoms with van der Waals surface area (Å²) >= 11 is 0. The molecule has 1 amide bonds. The maximum absolute atomic E-state index is 11.6. The highest BCUT2D eigenvalue weighted by atomic mass is 16.4. The van der Waals surface area contributed by atoms with Gasteiger partial charge >= 0.3 is 5.97 Å². The molecule has 0 aliphatic rings. The number of aryl methyl sites for hydroxylation is 1. The zero-order chi connectivity index (χ0) is 12.1. The predicted octanol–water partition coefficient (Wildman–Crippen LogP) is -1.01. The first-order valence-electron chi connectivity index (χ1n) is 4.67. The van der Waals surface area contributed by atoms with E-state index >= 15 is 0 Å². The van der Waals surface area contributed by atoms with Crippen molar-refractivity contribution in [2.75, 3.05) is 6.61 Å². The second kappa shape index (κ2) is 5.26. The molecule has 0 unspecified atom stereocenters. The summed E-state index contributed by atoms with van der Waals surface area (Å²) in [6.07, 6.45) is 2.75. The molecule has 1 aromatic heterocycles. The summed E-state index contributed by atoms with van der Waals surface area (Å²) in [5.74, 6) is -1.70. The van der Waals surface area contributed by atoms with Crippen molar-refractivity contribution in [3.8, 4) is 0 Å². The Bertz CT molecular complexity index is 388. The Morgan fingerprint density at radius 1 is 1.62 bits per heavy atom. The van der Waals surface area contributed by atoms with Gasteiger partial charge in [-0.1, -0.05) is 0 Å². The van der Waals surface area contributed by atoms with Crippen LogP contribution in [0.2, 0.25) is 0 Å². The van der Waals surface area contributed by atoms with Gasteiger partial charge in [0.05, 0.1) is 12.5 Å². The fourth-order valence-electron chi connectivity index (χ4n) is 1.19. The van der Waals surface area contributed by atoms with E-state index in [0.29, 0.717) is 0 Å². The van der Waals surface area contributed by atoms with Crippen LogP contribution in [0.5, 0.6) is 0 Å². The topological polar surface area (TPSA) is 104 Å². The van der Waals surface area contributed by atoms with Gasteiger partial charge in [0.2, 0.25) is 0 Å². The van der Waals surface area contributed by atoms with Gasteiger partial charge in [0.25, 0.3) is 5.91 Å². The molecule has 1 atom stereocenters. The average molecular weight is 227 g/mol. The van der Waals surface area contributed by atoms with Gasteiger partial charge in [-0.3, -0.25) is 4.79 Å². The molecule has 0 aliphatic heterocycles. The van der Waals surface area contributed by atoms with E-state index in [4.69, 9.17) is 10.2 Å². The van der Waals surface area contributed by atoms with Gasteiger partial charge in [-0.25, -0.2) is 9.78 Å². The number of hydrogen-bond acceptors (Lipinski definition) is 4. The number of carbonyl (C=O) groups excluding carboxylic acids is 1. The maximum Gasteiger partial charge on any atom is 0.326 e. The van der Waals surface area contributed by atoms with Crippen LogP contribution in [0.3, 0.4) is 0 Å². The van der Waals surface area contributed by atoms with Crippen molar-refractivity contribution in [1.82, 2.24) is 14.9 Å². The largest absolute Gasteiger partial charge is 0.480 e. The van der Waals surface area contributed by atoms with E-state index in [0.717, 1.165) is 0 Å². The summed E-state index contributed by atoms with van der Waals surface area (Å²) in [4.78, 5) is 26.1. The Morgan fingerprint density at radius 2 is 2.31 bits per heavy atom. The van der Waals surface area contributed by atoms with Gasteiger partial charge in [-0.15, -0.1) is 0 Å². The zero-order valence-electron chi connectivity index (χ0n) is 8.75. The van der Waals surface area contributed by atoms with Crippen LogP contribution in [0.25, 0.3) is 0 Å². The number of aromatic nitrogens is 2. The van der Waals surface area contributed by atoms with Gasteiger partial charge in [0.15, 0.2) is 0 Å². The van der Waals surface area contributed by atoms with Crippen molar-refractivity contribution in [2.24, 2.45) is 7.05 Å². The average Bonchev–Trinajstić information content (AvgIpc) is 2.63. The molecule has 0 aliphatic carbocycles. The number of aliphatic carboxylic acids is 1. The fraction of sp³-hybridized carbons (Fsp3) is 0.444. The lowest BCUT2D eigenvalue weighted by Gasteiger charge is -2.12. The van der Waals surface area contributed by atoms with Crippen molar-refractivity contribution in [1.29, 1.82) is 0 Å². The molecule has 0 bridgehead atoms. The molecule has 0 radical (unpaired) electrons. The summed E-state index contributed by atoms with van der Waals surface area (Å²) in [5.41, 5.74) is 0.268. The van der Waals surface area contributed by atoms with Gasteiger partial charge in [0, 0.05) is 20.1 Å². The molecule has 1 aromatic rings. The number of carbonyl (C=O) groups is 2. The number of hydrogen-bond donors (Lipinski definition) is 3. The van der Waals surface area contributed by atoms with Gasteiger partial charge < -0.3 is 20.1 Å². The highest BCUT2D eigenvalue weighted by molar-refractivity contribution is 5.95. The molecule has 3 N–H and O–H groups in total. The fourth-order valence-corrected chi connectivity index (χ4v) is 1.19. The third-order valence-electron chi connectivity index (χ3n) is 2.07. The van der Waals surface area contributed by atoms with Crippen molar-refractivity contribution in [3.63, 3.8) is 0 Å². The molecular formula is C9H13N3O4. The third kappa shape index (κ3) is 2.80. The number of nitrogens with zero attached hydrogens (tertiary/aromatic N) is 2. The van der Waals surface area contributed by atoms with E-state index in [1.807, 2.05) is 0 Å². The summed E-state index contributed by atoms with van der Waals surface area (Å²) in [6.45, 7) is -0.303. The van der Waals surface area contributed by atoms with Crippen LogP contribution in [0.4, 0.5) is 0 Å². The highest BCUT2D eigenvalue weighted by Crippen LogP contribution is 1.99. The number of aliphatic hydroxyl groups excluding tert-OH is 1. The van der Waals surface area contributed by atoms with E-state index in [2.05, 4.69) is 10.3 Å². The monoisotopic (exact) mass is 227 g/mol. The minimum absolute atomic E-state index is 0.0288. The SMILES string of the molecule is Cn1cncc1C(=O)N[C@@H](CCO)C(=O)O. The molecule has 7 heteroatoms. The Kier molecular flexibility index (Phi) is 4.01. The normalized spacial score (nSPS) is 12.1. The van der Waals surface area contributed by atoms with E-state index in [-0.39, 0.29) is 18.7 Å². The van der Waals surface area contributed by atoms with Crippen molar-refractivity contribution in [3.05, 3.63) is 18.2 Å². The maximum atomic E-state index is 11.6. The lowest BCUT2D eigenvalue weighted by atomic mass is 10.2. The van der Waals surface area contributed by atoms with Crippen LogP contribution in [0.15, 0.2) is 12.5 Å². The minimum atomic E-state index is -1.18. The Labute approximate surface area is 91.7 Å². The van der Waals surface area contributed by atoms with Crippen LogP contribution in [0, 0.1) is 0 Å². The molecule has 0 saturated carbocycles. The Hall–Kier alpha value is -1.89. The first-order chi connectivity index (χ1) is 7.56. The summed E-state index contributed by atoms with van der Waals surface area (Å²) in [7, 11) is 1.63. The standard InChI is InChI=1S/C9H13N3O4/c1-12-5-10-4-7(12)8(14)11-6(2-3-13)9(15)16/h4-6,13H,2-3H2,1H3,(H,11,14)(H,15,16)/t6-/m0/s1. The number of rotatable bonds is 5. The van der Waals surface area contributed by atoms with Gasteiger partial charge in [-0.2, -0.15) is 0 Å². The van der Waals surface area contributed by atoms with E-state index < -0.39 is 17.9 Å². The quantitative estimate of drug-likeness (QED) is 0.597. The third-order valence-corrected chi connectivity index (χ3v) is 2.07.